The van der Waals surface area contributed by atoms with Crippen LogP contribution in [0.25, 0.3) is 0 Å². The number of rotatable bonds is 5. The Hall–Kier alpha value is -3.15. The fourth-order valence-electron chi connectivity index (χ4n) is 1.80. The molecule has 0 aliphatic carbocycles. The van der Waals surface area contributed by atoms with E-state index < -0.39 is 17.7 Å². The molecule has 2 rings (SSSR count). The summed E-state index contributed by atoms with van der Waals surface area (Å²) in [5, 5.41) is 16.7. The summed E-state index contributed by atoms with van der Waals surface area (Å²) in [7, 11) is 0. The number of carbonyl (C=O) groups excluding carboxylic acids is 2. The van der Waals surface area contributed by atoms with Crippen LogP contribution in [-0.2, 0) is 9.59 Å². The fraction of sp³-hybridized carbons (Fsp3) is 0.0625. The third-order valence-corrected chi connectivity index (χ3v) is 2.86. The molecule has 0 spiro atoms. The molecule has 0 aliphatic heterocycles. The van der Waals surface area contributed by atoms with Crippen LogP contribution in [0.4, 0.5) is 11.4 Å². The highest BCUT2D eigenvalue weighted by molar-refractivity contribution is 6.20. The predicted octanol–water partition coefficient (Wildman–Crippen LogP) is 2.34. The lowest BCUT2D eigenvalue weighted by Crippen LogP contribution is -2.35. The first-order chi connectivity index (χ1) is 10.7. The molecule has 0 fully saturated rings. The molecule has 22 heavy (non-hydrogen) atoms. The fourth-order valence-corrected chi connectivity index (χ4v) is 1.80. The van der Waals surface area contributed by atoms with Crippen molar-refractivity contribution in [3.05, 3.63) is 60.7 Å². The van der Waals surface area contributed by atoms with E-state index in [1.165, 1.54) is 0 Å². The minimum atomic E-state index is -1.24. The van der Waals surface area contributed by atoms with E-state index in [4.69, 9.17) is 5.21 Å². The van der Waals surface area contributed by atoms with Crippen molar-refractivity contribution in [3.8, 4) is 0 Å². The van der Waals surface area contributed by atoms with Gasteiger partial charge >= 0.3 is 0 Å². The number of amides is 2. The Kier molecular flexibility index (Phi) is 5.25. The van der Waals surface area contributed by atoms with Crippen LogP contribution in [0.15, 0.2) is 65.8 Å². The molecule has 2 aromatic rings. The van der Waals surface area contributed by atoms with Gasteiger partial charge in [-0.1, -0.05) is 36.4 Å². The SMILES string of the molecule is O=C(Nc1ccccc1)C(/C=N\O)C(=O)Nc1ccccc1. The zero-order valence-corrected chi connectivity index (χ0v) is 11.6. The van der Waals surface area contributed by atoms with E-state index in [1.54, 1.807) is 48.5 Å². The van der Waals surface area contributed by atoms with Gasteiger partial charge in [0.25, 0.3) is 0 Å². The average Bonchev–Trinajstić information content (AvgIpc) is 2.54. The molecule has 0 atom stereocenters. The highest BCUT2D eigenvalue weighted by Crippen LogP contribution is 2.10. The summed E-state index contributed by atoms with van der Waals surface area (Å²) < 4.78 is 0. The van der Waals surface area contributed by atoms with Crippen molar-refractivity contribution in [3.63, 3.8) is 0 Å². The maximum absolute atomic E-state index is 12.2. The number of nitrogens with one attached hydrogen (secondary N) is 2. The van der Waals surface area contributed by atoms with Gasteiger partial charge in [0, 0.05) is 11.4 Å². The van der Waals surface area contributed by atoms with Crippen molar-refractivity contribution < 1.29 is 14.8 Å². The second-order valence-electron chi connectivity index (χ2n) is 4.45. The van der Waals surface area contributed by atoms with E-state index in [0.717, 1.165) is 6.21 Å². The van der Waals surface area contributed by atoms with Crippen LogP contribution >= 0.6 is 0 Å². The van der Waals surface area contributed by atoms with Gasteiger partial charge in [-0.3, -0.25) is 9.59 Å². The molecule has 6 nitrogen and oxygen atoms in total. The van der Waals surface area contributed by atoms with Crippen LogP contribution in [-0.4, -0.2) is 23.2 Å². The summed E-state index contributed by atoms with van der Waals surface area (Å²) in [6.07, 6.45) is 0.885. The van der Waals surface area contributed by atoms with Gasteiger partial charge in [-0.25, -0.2) is 0 Å². The third-order valence-electron chi connectivity index (χ3n) is 2.86. The molecule has 0 unspecified atom stereocenters. The van der Waals surface area contributed by atoms with E-state index >= 15 is 0 Å². The number of anilines is 2. The largest absolute Gasteiger partial charge is 0.411 e. The monoisotopic (exact) mass is 297 g/mol. The summed E-state index contributed by atoms with van der Waals surface area (Å²) in [4.78, 5) is 24.3. The van der Waals surface area contributed by atoms with E-state index in [1.807, 2.05) is 12.1 Å². The van der Waals surface area contributed by atoms with Crippen molar-refractivity contribution in [2.24, 2.45) is 11.1 Å². The third kappa shape index (κ3) is 4.17. The molecule has 6 heteroatoms. The summed E-state index contributed by atoms with van der Waals surface area (Å²) in [5.74, 6) is -2.42. The van der Waals surface area contributed by atoms with Crippen LogP contribution in [0.3, 0.4) is 0 Å². The lowest BCUT2D eigenvalue weighted by atomic mass is 10.1. The molecule has 0 saturated heterocycles. The Morgan fingerprint density at radius 3 is 1.64 bits per heavy atom. The molecule has 3 N–H and O–H groups in total. The lowest BCUT2D eigenvalue weighted by Gasteiger charge is -2.12. The van der Waals surface area contributed by atoms with Crippen molar-refractivity contribution in [1.82, 2.24) is 0 Å². The molecule has 0 heterocycles. The smallest absolute Gasteiger partial charge is 0.242 e. The molecular formula is C16H15N3O3. The van der Waals surface area contributed by atoms with Gasteiger partial charge in [0.15, 0.2) is 5.92 Å². The molecule has 2 amide bonds. The average molecular weight is 297 g/mol. The van der Waals surface area contributed by atoms with E-state index in [0.29, 0.717) is 11.4 Å². The summed E-state index contributed by atoms with van der Waals surface area (Å²) in [6.45, 7) is 0. The summed E-state index contributed by atoms with van der Waals surface area (Å²) >= 11 is 0. The van der Waals surface area contributed by atoms with Crippen LogP contribution in [0, 0.1) is 5.92 Å². The second kappa shape index (κ2) is 7.58. The molecule has 112 valence electrons. The van der Waals surface area contributed by atoms with Crippen LogP contribution in [0.1, 0.15) is 0 Å². The highest BCUT2D eigenvalue weighted by atomic mass is 16.4. The normalized spacial score (nSPS) is 10.6. The number of benzene rings is 2. The molecule has 0 aromatic heterocycles. The predicted molar refractivity (Wildman–Crippen MR) is 83.9 cm³/mol. The molecule has 0 saturated carbocycles. The number of oxime groups is 1. The van der Waals surface area contributed by atoms with Gasteiger partial charge < -0.3 is 15.8 Å². The Balaban J connectivity index is 2.08. The lowest BCUT2D eigenvalue weighted by molar-refractivity contribution is -0.126. The zero-order valence-electron chi connectivity index (χ0n) is 11.6. The number of hydrogen-bond donors (Lipinski definition) is 3. The number of para-hydroxylation sites is 2. The topological polar surface area (TPSA) is 90.8 Å². The maximum Gasteiger partial charge on any atom is 0.242 e. The number of nitrogens with zero attached hydrogens (tertiary/aromatic N) is 1. The number of carbonyl (C=O) groups is 2. The molecule has 0 bridgehead atoms. The van der Waals surface area contributed by atoms with Crippen molar-refractivity contribution in [2.75, 3.05) is 10.6 Å². The Bertz CT molecular complexity index is 603. The Morgan fingerprint density at radius 2 is 1.27 bits per heavy atom. The first kappa shape index (κ1) is 15.2. The van der Waals surface area contributed by atoms with Gasteiger partial charge in [-0.2, -0.15) is 0 Å². The van der Waals surface area contributed by atoms with E-state index in [9.17, 15) is 9.59 Å². The van der Waals surface area contributed by atoms with Crippen LogP contribution in [0.5, 0.6) is 0 Å². The second-order valence-corrected chi connectivity index (χ2v) is 4.45. The van der Waals surface area contributed by atoms with Gasteiger partial charge in [0.2, 0.25) is 11.8 Å². The van der Waals surface area contributed by atoms with E-state index in [-0.39, 0.29) is 0 Å². The van der Waals surface area contributed by atoms with Crippen molar-refractivity contribution >= 4 is 29.4 Å². The Labute approximate surface area is 127 Å². The quantitative estimate of drug-likeness (QED) is 0.342. The first-order valence-corrected chi connectivity index (χ1v) is 6.60. The molecular weight excluding hydrogens is 282 g/mol. The molecule has 2 aromatic carbocycles. The van der Waals surface area contributed by atoms with Gasteiger partial charge in [0.05, 0.1) is 6.21 Å². The van der Waals surface area contributed by atoms with Crippen LogP contribution < -0.4 is 10.6 Å². The summed E-state index contributed by atoms with van der Waals surface area (Å²) in [6, 6.07) is 17.4. The first-order valence-electron chi connectivity index (χ1n) is 6.60. The maximum atomic E-state index is 12.2. The Morgan fingerprint density at radius 1 is 0.864 bits per heavy atom. The minimum absolute atomic E-state index is 0.552. The minimum Gasteiger partial charge on any atom is -0.411 e. The van der Waals surface area contributed by atoms with Crippen molar-refractivity contribution in [1.29, 1.82) is 0 Å². The van der Waals surface area contributed by atoms with Crippen molar-refractivity contribution in [2.45, 2.75) is 0 Å². The number of hydrogen-bond acceptors (Lipinski definition) is 4. The van der Waals surface area contributed by atoms with E-state index in [2.05, 4.69) is 15.8 Å². The standard InChI is InChI=1S/C16H15N3O3/c20-15(18-12-7-3-1-4-8-12)14(11-17-22)16(21)19-13-9-5-2-6-10-13/h1-11,14,22H,(H,18,20)(H,19,21)/b17-11-. The highest BCUT2D eigenvalue weighted by Gasteiger charge is 2.25. The molecule has 0 radical (unpaired) electrons. The summed E-state index contributed by atoms with van der Waals surface area (Å²) in [5.41, 5.74) is 1.10. The molecule has 0 aliphatic rings. The van der Waals surface area contributed by atoms with Gasteiger partial charge in [-0.05, 0) is 24.3 Å². The zero-order chi connectivity index (χ0) is 15.8. The van der Waals surface area contributed by atoms with Gasteiger partial charge in [0.1, 0.15) is 0 Å². The van der Waals surface area contributed by atoms with Crippen LogP contribution in [0.2, 0.25) is 0 Å². The van der Waals surface area contributed by atoms with Gasteiger partial charge in [-0.15, -0.1) is 5.16 Å².